The molecule has 0 radical (unpaired) electrons. The van der Waals surface area contributed by atoms with Crippen molar-refractivity contribution in [1.82, 2.24) is 0 Å². The van der Waals surface area contributed by atoms with E-state index in [0.29, 0.717) is 34.7 Å². The molecule has 8 heteroatoms. The van der Waals surface area contributed by atoms with Crippen LogP contribution in [0, 0.1) is 0 Å². The van der Waals surface area contributed by atoms with Crippen molar-refractivity contribution in [2.24, 2.45) is 0 Å². The van der Waals surface area contributed by atoms with E-state index >= 15 is 0 Å². The molecular formula is C21H24BrNO5S. The van der Waals surface area contributed by atoms with Crippen LogP contribution in [-0.2, 0) is 16.3 Å². The predicted octanol–water partition coefficient (Wildman–Crippen LogP) is 4.24. The van der Waals surface area contributed by atoms with Crippen LogP contribution in [-0.4, -0.2) is 40.8 Å². The zero-order valence-electron chi connectivity index (χ0n) is 16.7. The molecule has 2 aromatic rings. The highest BCUT2D eigenvalue weighted by atomic mass is 79.9. The molecule has 1 aliphatic heterocycles. The molecule has 0 spiro atoms. The number of amides is 1. The number of fused-ring (bicyclic) bond motifs is 1. The van der Waals surface area contributed by atoms with E-state index < -0.39 is 9.84 Å². The lowest BCUT2D eigenvalue weighted by Gasteiger charge is -2.30. The van der Waals surface area contributed by atoms with Crippen LogP contribution in [0.5, 0.6) is 11.5 Å². The Hall–Kier alpha value is -2.06. The van der Waals surface area contributed by atoms with Gasteiger partial charge in [0.1, 0.15) is 0 Å². The average Bonchev–Trinajstić information content (AvgIpc) is 2.70. The van der Waals surface area contributed by atoms with Crippen molar-refractivity contribution in [2.45, 2.75) is 31.1 Å². The Bertz CT molecular complexity index is 1040. The number of rotatable bonds is 6. The van der Waals surface area contributed by atoms with E-state index in [1.54, 1.807) is 35.2 Å². The van der Waals surface area contributed by atoms with Gasteiger partial charge in [-0.3, -0.25) is 4.79 Å². The second-order valence-electron chi connectivity index (χ2n) is 6.96. The van der Waals surface area contributed by atoms with E-state index in [0.717, 1.165) is 30.5 Å². The highest BCUT2D eigenvalue weighted by molar-refractivity contribution is 9.10. The topological polar surface area (TPSA) is 72.9 Å². The fourth-order valence-corrected chi connectivity index (χ4v) is 4.59. The molecule has 2 aromatic carbocycles. The Balaban J connectivity index is 1.97. The van der Waals surface area contributed by atoms with Gasteiger partial charge in [-0.1, -0.05) is 6.92 Å². The molecule has 3 rings (SSSR count). The number of hydrogen-bond donors (Lipinski definition) is 0. The predicted molar refractivity (Wildman–Crippen MR) is 116 cm³/mol. The molecule has 0 aliphatic carbocycles. The van der Waals surface area contributed by atoms with Gasteiger partial charge >= 0.3 is 0 Å². The van der Waals surface area contributed by atoms with Crippen LogP contribution in [0.2, 0.25) is 0 Å². The van der Waals surface area contributed by atoms with Crippen LogP contribution in [0.15, 0.2) is 39.7 Å². The number of methoxy groups -OCH3 is 1. The van der Waals surface area contributed by atoms with Crippen molar-refractivity contribution < 1.29 is 22.7 Å². The van der Waals surface area contributed by atoms with Gasteiger partial charge in [0.05, 0.1) is 23.1 Å². The Morgan fingerprint density at radius 2 is 2.00 bits per heavy atom. The van der Waals surface area contributed by atoms with Crippen molar-refractivity contribution in [3.63, 3.8) is 0 Å². The molecule has 0 aromatic heterocycles. The van der Waals surface area contributed by atoms with Gasteiger partial charge in [0.25, 0.3) is 5.91 Å². The van der Waals surface area contributed by atoms with Gasteiger partial charge in [-0.05, 0) is 71.1 Å². The summed E-state index contributed by atoms with van der Waals surface area (Å²) in [4.78, 5) is 15.2. The van der Waals surface area contributed by atoms with Crippen molar-refractivity contribution in [1.29, 1.82) is 0 Å². The van der Waals surface area contributed by atoms with Crippen molar-refractivity contribution in [3.05, 3.63) is 45.9 Å². The molecule has 1 heterocycles. The molecule has 0 unspecified atom stereocenters. The summed E-state index contributed by atoms with van der Waals surface area (Å²) in [6, 6.07) is 8.35. The Kier molecular flexibility index (Phi) is 6.53. The van der Waals surface area contributed by atoms with E-state index in [9.17, 15) is 13.2 Å². The summed E-state index contributed by atoms with van der Waals surface area (Å²) >= 11 is 3.48. The fourth-order valence-electron chi connectivity index (χ4n) is 3.36. The van der Waals surface area contributed by atoms with Crippen molar-refractivity contribution in [3.8, 4) is 11.5 Å². The summed E-state index contributed by atoms with van der Waals surface area (Å²) in [5.41, 5.74) is 2.08. The van der Waals surface area contributed by atoms with Gasteiger partial charge in [0.15, 0.2) is 21.3 Å². The van der Waals surface area contributed by atoms with Gasteiger partial charge < -0.3 is 14.4 Å². The normalized spacial score (nSPS) is 13.7. The van der Waals surface area contributed by atoms with Gasteiger partial charge in [0, 0.05) is 24.1 Å². The SMILES string of the molecule is CCCOc1c(Br)cc(C(=O)N2CCCc3cc(S(C)(=O)=O)ccc32)cc1OC. The first-order chi connectivity index (χ1) is 13.8. The maximum absolute atomic E-state index is 13.3. The molecule has 0 atom stereocenters. The van der Waals surface area contributed by atoms with Gasteiger partial charge in [-0.2, -0.15) is 0 Å². The molecule has 0 N–H and O–H groups in total. The number of ether oxygens (including phenoxy) is 2. The van der Waals surface area contributed by atoms with E-state index in [1.165, 1.54) is 13.4 Å². The van der Waals surface area contributed by atoms with Gasteiger partial charge in [-0.15, -0.1) is 0 Å². The minimum Gasteiger partial charge on any atom is -0.493 e. The fraction of sp³-hybridized carbons (Fsp3) is 0.381. The van der Waals surface area contributed by atoms with Crippen molar-refractivity contribution in [2.75, 3.05) is 31.4 Å². The largest absolute Gasteiger partial charge is 0.493 e. The van der Waals surface area contributed by atoms with Crippen molar-refractivity contribution >= 4 is 37.4 Å². The minimum absolute atomic E-state index is 0.168. The molecule has 6 nitrogen and oxygen atoms in total. The first kappa shape index (κ1) is 21.6. The van der Waals surface area contributed by atoms with Crippen LogP contribution in [0.1, 0.15) is 35.7 Å². The summed E-state index contributed by atoms with van der Waals surface area (Å²) in [5.74, 6) is 0.891. The van der Waals surface area contributed by atoms with E-state index in [-0.39, 0.29) is 10.8 Å². The van der Waals surface area contributed by atoms with Gasteiger partial charge in [0.2, 0.25) is 0 Å². The summed E-state index contributed by atoms with van der Waals surface area (Å²) in [5, 5.41) is 0. The van der Waals surface area contributed by atoms with Gasteiger partial charge in [-0.25, -0.2) is 8.42 Å². The summed E-state index contributed by atoms with van der Waals surface area (Å²) < 4.78 is 35.5. The maximum Gasteiger partial charge on any atom is 0.258 e. The number of benzene rings is 2. The average molecular weight is 482 g/mol. The number of nitrogens with zero attached hydrogens (tertiary/aromatic N) is 1. The zero-order valence-corrected chi connectivity index (χ0v) is 19.1. The second-order valence-corrected chi connectivity index (χ2v) is 9.83. The summed E-state index contributed by atoms with van der Waals surface area (Å²) in [6.45, 7) is 3.13. The smallest absolute Gasteiger partial charge is 0.258 e. The Labute approximate surface area is 179 Å². The summed E-state index contributed by atoms with van der Waals surface area (Å²) in [6.07, 6.45) is 3.55. The van der Waals surface area contributed by atoms with E-state index in [1.807, 2.05) is 6.92 Å². The lowest BCUT2D eigenvalue weighted by Crippen LogP contribution is -2.35. The lowest BCUT2D eigenvalue weighted by molar-refractivity contribution is 0.0984. The molecule has 1 amide bonds. The highest BCUT2D eigenvalue weighted by Crippen LogP contribution is 2.38. The van der Waals surface area contributed by atoms with E-state index in [4.69, 9.17) is 9.47 Å². The van der Waals surface area contributed by atoms with Crippen LogP contribution < -0.4 is 14.4 Å². The number of anilines is 1. The maximum atomic E-state index is 13.3. The molecule has 0 saturated heterocycles. The second kappa shape index (κ2) is 8.75. The molecule has 0 fully saturated rings. The molecule has 0 saturated carbocycles. The molecular weight excluding hydrogens is 458 g/mol. The minimum atomic E-state index is -3.29. The van der Waals surface area contributed by atoms with Crippen LogP contribution >= 0.6 is 15.9 Å². The number of hydrogen-bond acceptors (Lipinski definition) is 5. The highest BCUT2D eigenvalue weighted by Gasteiger charge is 2.26. The molecule has 156 valence electrons. The molecule has 1 aliphatic rings. The number of carbonyl (C=O) groups is 1. The van der Waals surface area contributed by atoms with Crippen LogP contribution in [0.3, 0.4) is 0 Å². The number of sulfone groups is 1. The monoisotopic (exact) mass is 481 g/mol. The lowest BCUT2D eigenvalue weighted by atomic mass is 10.0. The third-order valence-corrected chi connectivity index (χ3v) is 6.47. The summed E-state index contributed by atoms with van der Waals surface area (Å²) in [7, 11) is -1.75. The Morgan fingerprint density at radius 1 is 1.24 bits per heavy atom. The number of aryl methyl sites for hydroxylation is 1. The van der Waals surface area contributed by atoms with Crippen LogP contribution in [0.4, 0.5) is 5.69 Å². The zero-order chi connectivity index (χ0) is 21.2. The number of carbonyl (C=O) groups excluding carboxylic acids is 1. The molecule has 0 bridgehead atoms. The molecule has 29 heavy (non-hydrogen) atoms. The standard InChI is InChI=1S/C21H24BrNO5S/c1-4-10-28-20-17(22)12-15(13-19(20)27-2)21(24)23-9-5-6-14-11-16(29(3,25)26)7-8-18(14)23/h7-8,11-13H,4-6,9-10H2,1-3H3. The first-order valence-electron chi connectivity index (χ1n) is 9.41. The third kappa shape index (κ3) is 4.59. The Morgan fingerprint density at radius 3 is 2.66 bits per heavy atom. The van der Waals surface area contributed by atoms with Crippen LogP contribution in [0.25, 0.3) is 0 Å². The third-order valence-electron chi connectivity index (χ3n) is 4.77. The first-order valence-corrected chi connectivity index (χ1v) is 12.1. The van der Waals surface area contributed by atoms with E-state index in [2.05, 4.69) is 15.9 Å². The number of halogens is 1. The quantitative estimate of drug-likeness (QED) is 0.616.